The standard InChI is InChI=1S/C12H15N5O4S2/c1-16-7(6-8(18)17(2)12(16)20)9(19)13-10-14-15-11(23-10)22-5-4-21-3/h6H,4-5H2,1-3H3,(H,13,14,19). The van der Waals surface area contributed by atoms with Crippen molar-refractivity contribution < 1.29 is 9.53 Å². The van der Waals surface area contributed by atoms with Gasteiger partial charge in [-0.25, -0.2) is 4.79 Å². The molecule has 0 spiro atoms. The quantitative estimate of drug-likeness (QED) is 0.438. The summed E-state index contributed by atoms with van der Waals surface area (Å²) in [4.78, 5) is 35.7. The Labute approximate surface area is 139 Å². The molecule has 9 nitrogen and oxygen atoms in total. The molecular weight excluding hydrogens is 342 g/mol. The fraction of sp³-hybridized carbons (Fsp3) is 0.417. The molecule has 0 radical (unpaired) electrons. The Hall–Kier alpha value is -1.98. The van der Waals surface area contributed by atoms with Gasteiger partial charge in [0.15, 0.2) is 4.34 Å². The van der Waals surface area contributed by atoms with Crippen molar-refractivity contribution in [2.75, 3.05) is 24.8 Å². The number of amides is 1. The van der Waals surface area contributed by atoms with E-state index in [9.17, 15) is 14.4 Å². The lowest BCUT2D eigenvalue weighted by molar-refractivity contribution is 0.101. The summed E-state index contributed by atoms with van der Waals surface area (Å²) in [5, 5.41) is 10.6. The maximum Gasteiger partial charge on any atom is 0.331 e. The second kappa shape index (κ2) is 7.53. The van der Waals surface area contributed by atoms with Crippen molar-refractivity contribution in [1.29, 1.82) is 0 Å². The molecule has 2 aromatic rings. The van der Waals surface area contributed by atoms with Gasteiger partial charge in [0, 0.05) is 33.0 Å². The summed E-state index contributed by atoms with van der Waals surface area (Å²) in [6.45, 7) is 0.585. The largest absolute Gasteiger partial charge is 0.384 e. The molecule has 0 saturated heterocycles. The van der Waals surface area contributed by atoms with Crippen LogP contribution in [-0.4, -0.2) is 44.7 Å². The molecule has 1 N–H and O–H groups in total. The fourth-order valence-corrected chi connectivity index (χ4v) is 3.36. The van der Waals surface area contributed by atoms with Gasteiger partial charge in [-0.15, -0.1) is 10.2 Å². The second-order valence-electron chi connectivity index (χ2n) is 4.44. The van der Waals surface area contributed by atoms with Crippen LogP contribution in [0, 0.1) is 0 Å². The van der Waals surface area contributed by atoms with Crippen LogP contribution in [0.2, 0.25) is 0 Å². The number of methoxy groups -OCH3 is 1. The maximum atomic E-state index is 12.2. The SMILES string of the molecule is COCCSc1nnc(NC(=O)c2cc(=O)n(C)c(=O)n2C)s1. The molecule has 0 fully saturated rings. The first-order valence-corrected chi connectivity index (χ1v) is 8.28. The summed E-state index contributed by atoms with van der Waals surface area (Å²) < 4.78 is 7.66. The van der Waals surface area contributed by atoms with Gasteiger partial charge in [0.2, 0.25) is 5.13 Å². The summed E-state index contributed by atoms with van der Waals surface area (Å²) in [5.74, 6) is 0.134. The number of nitrogens with zero attached hydrogens (tertiary/aromatic N) is 4. The lowest BCUT2D eigenvalue weighted by Crippen LogP contribution is -2.40. The first-order chi connectivity index (χ1) is 10.9. The molecule has 0 aliphatic heterocycles. The highest BCUT2D eigenvalue weighted by atomic mass is 32.2. The Morgan fingerprint density at radius 1 is 1.35 bits per heavy atom. The molecule has 0 aliphatic rings. The van der Waals surface area contributed by atoms with Crippen molar-refractivity contribution in [2.45, 2.75) is 4.34 Å². The normalized spacial score (nSPS) is 10.7. The third-order valence-corrected chi connectivity index (χ3v) is 4.83. The zero-order chi connectivity index (χ0) is 17.0. The summed E-state index contributed by atoms with van der Waals surface area (Å²) in [6, 6.07) is 1.10. The van der Waals surface area contributed by atoms with Crippen molar-refractivity contribution in [2.24, 2.45) is 14.1 Å². The Balaban J connectivity index is 2.14. The predicted molar refractivity (Wildman–Crippen MR) is 87.4 cm³/mol. The van der Waals surface area contributed by atoms with Gasteiger partial charge in [0.25, 0.3) is 11.5 Å². The molecule has 0 atom stereocenters. The van der Waals surface area contributed by atoms with E-state index in [0.29, 0.717) is 16.1 Å². The number of hydrogen-bond donors (Lipinski definition) is 1. The van der Waals surface area contributed by atoms with E-state index in [1.807, 2.05) is 0 Å². The van der Waals surface area contributed by atoms with Gasteiger partial charge >= 0.3 is 5.69 Å². The Morgan fingerprint density at radius 2 is 2.09 bits per heavy atom. The van der Waals surface area contributed by atoms with Gasteiger partial charge in [-0.3, -0.25) is 24.0 Å². The predicted octanol–water partition coefficient (Wildman–Crippen LogP) is -0.0737. The average Bonchev–Trinajstić information content (AvgIpc) is 2.96. The number of ether oxygens (including phenoxy) is 1. The van der Waals surface area contributed by atoms with Crippen LogP contribution in [0.3, 0.4) is 0 Å². The third-order valence-electron chi connectivity index (χ3n) is 2.90. The van der Waals surface area contributed by atoms with E-state index in [1.54, 1.807) is 7.11 Å². The summed E-state index contributed by atoms with van der Waals surface area (Å²) >= 11 is 2.67. The zero-order valence-electron chi connectivity index (χ0n) is 12.7. The van der Waals surface area contributed by atoms with Crippen molar-refractivity contribution in [3.05, 3.63) is 32.6 Å². The Kier molecular flexibility index (Phi) is 5.69. The molecule has 0 unspecified atom stereocenters. The molecule has 23 heavy (non-hydrogen) atoms. The number of nitrogens with one attached hydrogen (secondary N) is 1. The number of thioether (sulfide) groups is 1. The number of rotatable bonds is 6. The molecule has 1 amide bonds. The highest BCUT2D eigenvalue weighted by Crippen LogP contribution is 2.25. The molecule has 0 saturated carbocycles. The molecule has 2 heterocycles. The minimum absolute atomic E-state index is 0.0399. The first-order valence-electron chi connectivity index (χ1n) is 6.47. The summed E-state index contributed by atoms with van der Waals surface area (Å²) in [7, 11) is 4.38. The lowest BCUT2D eigenvalue weighted by atomic mass is 10.3. The van der Waals surface area contributed by atoms with Crippen LogP contribution >= 0.6 is 23.1 Å². The third kappa shape index (κ3) is 4.06. The van der Waals surface area contributed by atoms with Crippen LogP contribution < -0.4 is 16.6 Å². The van der Waals surface area contributed by atoms with Crippen molar-refractivity contribution in [1.82, 2.24) is 19.3 Å². The zero-order valence-corrected chi connectivity index (χ0v) is 14.4. The van der Waals surface area contributed by atoms with Gasteiger partial charge in [-0.05, 0) is 0 Å². The number of carbonyl (C=O) groups excluding carboxylic acids is 1. The number of aromatic nitrogens is 4. The minimum atomic E-state index is -0.591. The molecule has 0 aromatic carbocycles. The van der Waals surface area contributed by atoms with Crippen molar-refractivity contribution in [3.8, 4) is 0 Å². The van der Waals surface area contributed by atoms with E-state index in [-0.39, 0.29) is 5.69 Å². The van der Waals surface area contributed by atoms with Gasteiger partial charge in [-0.2, -0.15) is 0 Å². The Morgan fingerprint density at radius 3 is 2.78 bits per heavy atom. The number of anilines is 1. The van der Waals surface area contributed by atoms with Crippen molar-refractivity contribution >= 4 is 34.1 Å². The van der Waals surface area contributed by atoms with Crippen LogP contribution in [-0.2, 0) is 18.8 Å². The molecule has 2 rings (SSSR count). The monoisotopic (exact) mass is 357 g/mol. The highest BCUT2D eigenvalue weighted by molar-refractivity contribution is 8.01. The number of hydrogen-bond acceptors (Lipinski definition) is 8. The topological polar surface area (TPSA) is 108 Å². The van der Waals surface area contributed by atoms with E-state index in [4.69, 9.17) is 4.74 Å². The maximum absolute atomic E-state index is 12.2. The van der Waals surface area contributed by atoms with E-state index in [0.717, 1.165) is 21.0 Å². The van der Waals surface area contributed by atoms with E-state index in [2.05, 4.69) is 15.5 Å². The fourth-order valence-electron chi connectivity index (χ4n) is 1.64. The average molecular weight is 357 g/mol. The van der Waals surface area contributed by atoms with Crippen molar-refractivity contribution in [3.63, 3.8) is 0 Å². The summed E-state index contributed by atoms with van der Waals surface area (Å²) in [6.07, 6.45) is 0. The summed E-state index contributed by atoms with van der Waals surface area (Å²) in [5.41, 5.74) is -1.16. The van der Waals surface area contributed by atoms with Crippen LogP contribution in [0.5, 0.6) is 0 Å². The van der Waals surface area contributed by atoms with Gasteiger partial charge in [0.05, 0.1) is 6.61 Å². The minimum Gasteiger partial charge on any atom is -0.384 e. The lowest BCUT2D eigenvalue weighted by Gasteiger charge is -2.08. The van der Waals surface area contributed by atoms with Gasteiger partial charge in [0.1, 0.15) is 5.69 Å². The van der Waals surface area contributed by atoms with Gasteiger partial charge < -0.3 is 4.74 Å². The molecule has 0 bridgehead atoms. The van der Waals surface area contributed by atoms with Crippen LogP contribution in [0.4, 0.5) is 5.13 Å². The number of carbonyl (C=O) groups is 1. The molecule has 11 heteroatoms. The van der Waals surface area contributed by atoms with E-state index < -0.39 is 17.2 Å². The second-order valence-corrected chi connectivity index (χ2v) is 6.76. The molecule has 2 aromatic heterocycles. The smallest absolute Gasteiger partial charge is 0.331 e. The first kappa shape index (κ1) is 17.4. The van der Waals surface area contributed by atoms with Crippen LogP contribution in [0.25, 0.3) is 0 Å². The Bertz CT molecular complexity index is 826. The van der Waals surface area contributed by atoms with Gasteiger partial charge in [-0.1, -0.05) is 23.1 Å². The highest BCUT2D eigenvalue weighted by Gasteiger charge is 2.15. The van der Waals surface area contributed by atoms with Crippen LogP contribution in [0.1, 0.15) is 10.5 Å². The molecular formula is C12H15N5O4S2. The van der Waals surface area contributed by atoms with E-state index in [1.165, 1.54) is 37.2 Å². The molecule has 0 aliphatic carbocycles. The van der Waals surface area contributed by atoms with E-state index >= 15 is 0 Å². The molecule has 124 valence electrons. The van der Waals surface area contributed by atoms with Crippen LogP contribution in [0.15, 0.2) is 20.0 Å².